The highest BCUT2D eigenvalue weighted by Gasteiger charge is 2.41. The Bertz CT molecular complexity index is 591. The Hall–Kier alpha value is -1.75. The van der Waals surface area contributed by atoms with Gasteiger partial charge >= 0.3 is 0 Å². The number of carbonyl (C=O) groups is 1. The molecule has 1 aliphatic carbocycles. The third-order valence-electron chi connectivity index (χ3n) is 5.57. The number of rotatable bonds is 9. The number of Topliss-reactive ketones (excluding diaryl/α,β-unsaturated/α-hetero) is 1. The molecule has 2 bridgehead atoms. The molecule has 3 atom stereocenters. The van der Waals surface area contributed by atoms with Gasteiger partial charge in [0.15, 0.2) is 11.5 Å². The van der Waals surface area contributed by atoms with Crippen molar-refractivity contribution in [2.24, 2.45) is 5.92 Å². The lowest BCUT2D eigenvalue weighted by Crippen LogP contribution is -2.41. The number of benzene rings is 1. The number of aryl methyl sites for hydroxylation is 1. The van der Waals surface area contributed by atoms with E-state index in [2.05, 4.69) is 5.32 Å². The summed E-state index contributed by atoms with van der Waals surface area (Å²) < 4.78 is 16.1. The van der Waals surface area contributed by atoms with Crippen LogP contribution < -0.4 is 19.5 Å². The van der Waals surface area contributed by atoms with E-state index in [4.69, 9.17) is 14.2 Å². The van der Waals surface area contributed by atoms with Crippen LogP contribution in [0.4, 0.5) is 0 Å². The third kappa shape index (κ3) is 3.92. The highest BCUT2D eigenvalue weighted by atomic mass is 16.5. The van der Waals surface area contributed by atoms with E-state index in [9.17, 15) is 4.79 Å². The first-order valence-electron chi connectivity index (χ1n) is 9.24. The van der Waals surface area contributed by atoms with Crippen LogP contribution in [0.25, 0.3) is 0 Å². The first-order valence-corrected chi connectivity index (χ1v) is 9.24. The van der Waals surface area contributed by atoms with Gasteiger partial charge < -0.3 is 19.5 Å². The number of piperidine rings is 1. The Morgan fingerprint density at radius 3 is 2.32 bits per heavy atom. The zero-order valence-corrected chi connectivity index (χ0v) is 15.5. The summed E-state index contributed by atoms with van der Waals surface area (Å²) in [4.78, 5) is 12.4. The molecule has 1 aromatic carbocycles. The SMILES string of the molecule is COc1cc(CCCCC(=O)C2NC3CCC2C3)cc(OC)c1OC. The molecule has 2 aliphatic rings. The maximum Gasteiger partial charge on any atom is 0.203 e. The van der Waals surface area contributed by atoms with Gasteiger partial charge in [0.1, 0.15) is 5.78 Å². The standard InChI is InChI=1S/C20H29NO4/c1-23-17-10-13(11-18(24-2)20(17)25-3)6-4-5-7-16(22)19-14-8-9-15(12-14)21-19/h10-11,14-15,19,21H,4-9,12H2,1-3H3. The van der Waals surface area contributed by atoms with Crippen molar-refractivity contribution in [2.45, 2.75) is 57.0 Å². The molecule has 5 nitrogen and oxygen atoms in total. The number of hydrogen-bond donors (Lipinski definition) is 1. The number of unbranched alkanes of at least 4 members (excludes halogenated alkanes) is 1. The highest BCUT2D eigenvalue weighted by Crippen LogP contribution is 2.39. The third-order valence-corrected chi connectivity index (χ3v) is 5.57. The molecule has 1 aromatic rings. The summed E-state index contributed by atoms with van der Waals surface area (Å²) >= 11 is 0. The van der Waals surface area contributed by atoms with E-state index in [0.29, 0.717) is 41.4 Å². The lowest BCUT2D eigenvalue weighted by Gasteiger charge is -2.21. The van der Waals surface area contributed by atoms with Gasteiger partial charge in [0, 0.05) is 12.5 Å². The minimum absolute atomic E-state index is 0.125. The Labute approximate surface area is 150 Å². The summed E-state index contributed by atoms with van der Waals surface area (Å²) in [5, 5.41) is 3.50. The number of methoxy groups -OCH3 is 3. The second kappa shape index (κ2) is 8.09. The van der Waals surface area contributed by atoms with Crippen LogP contribution in [0.2, 0.25) is 0 Å². The van der Waals surface area contributed by atoms with E-state index >= 15 is 0 Å². The molecule has 5 heteroatoms. The van der Waals surface area contributed by atoms with Gasteiger partial charge in [-0.05, 0) is 62.1 Å². The van der Waals surface area contributed by atoms with Crippen molar-refractivity contribution in [1.29, 1.82) is 0 Å². The van der Waals surface area contributed by atoms with Crippen LogP contribution in [0.1, 0.15) is 44.1 Å². The van der Waals surface area contributed by atoms with Gasteiger partial charge in [-0.2, -0.15) is 0 Å². The fourth-order valence-corrected chi connectivity index (χ4v) is 4.28. The van der Waals surface area contributed by atoms with Crippen molar-refractivity contribution in [3.8, 4) is 17.2 Å². The predicted molar refractivity (Wildman–Crippen MR) is 96.7 cm³/mol. The van der Waals surface area contributed by atoms with Gasteiger partial charge in [0.2, 0.25) is 5.75 Å². The molecule has 1 saturated carbocycles. The number of hydrogen-bond acceptors (Lipinski definition) is 5. The van der Waals surface area contributed by atoms with Gasteiger partial charge in [-0.1, -0.05) is 0 Å². The summed E-state index contributed by atoms with van der Waals surface area (Å²) in [7, 11) is 4.86. The molecular weight excluding hydrogens is 318 g/mol. The average molecular weight is 347 g/mol. The van der Waals surface area contributed by atoms with Crippen molar-refractivity contribution < 1.29 is 19.0 Å². The number of nitrogens with one attached hydrogen (secondary N) is 1. The van der Waals surface area contributed by atoms with Crippen LogP contribution in [0.15, 0.2) is 12.1 Å². The molecule has 0 amide bonds. The van der Waals surface area contributed by atoms with Gasteiger partial charge in [0.05, 0.1) is 27.4 Å². The van der Waals surface area contributed by atoms with Crippen LogP contribution in [-0.2, 0) is 11.2 Å². The van der Waals surface area contributed by atoms with Crippen molar-refractivity contribution in [3.05, 3.63) is 17.7 Å². The predicted octanol–water partition coefficient (Wildman–Crippen LogP) is 3.13. The van der Waals surface area contributed by atoms with Gasteiger partial charge in [0.25, 0.3) is 0 Å². The number of ether oxygens (including phenoxy) is 3. The smallest absolute Gasteiger partial charge is 0.203 e. The lowest BCUT2D eigenvalue weighted by atomic mass is 9.93. The second-order valence-corrected chi connectivity index (χ2v) is 7.12. The maximum absolute atomic E-state index is 12.4. The first-order chi connectivity index (χ1) is 12.2. The van der Waals surface area contributed by atoms with E-state index < -0.39 is 0 Å². The first kappa shape index (κ1) is 18.1. The molecule has 1 heterocycles. The molecule has 0 radical (unpaired) electrons. The molecule has 1 saturated heterocycles. The van der Waals surface area contributed by atoms with E-state index in [1.165, 1.54) is 19.3 Å². The van der Waals surface area contributed by atoms with Crippen molar-refractivity contribution in [2.75, 3.05) is 21.3 Å². The number of ketones is 1. The van der Waals surface area contributed by atoms with Crippen LogP contribution in [0.3, 0.4) is 0 Å². The van der Waals surface area contributed by atoms with Crippen LogP contribution in [0, 0.1) is 5.92 Å². The van der Waals surface area contributed by atoms with E-state index in [1.807, 2.05) is 12.1 Å². The second-order valence-electron chi connectivity index (χ2n) is 7.12. The van der Waals surface area contributed by atoms with E-state index in [1.54, 1.807) is 21.3 Å². The summed E-state index contributed by atoms with van der Waals surface area (Å²) in [5.41, 5.74) is 1.14. The van der Waals surface area contributed by atoms with E-state index in [-0.39, 0.29) is 6.04 Å². The van der Waals surface area contributed by atoms with Gasteiger partial charge in [-0.15, -0.1) is 0 Å². The molecule has 1 aliphatic heterocycles. The van der Waals surface area contributed by atoms with Gasteiger partial charge in [-0.3, -0.25) is 4.79 Å². The average Bonchev–Trinajstić information content (AvgIpc) is 3.27. The molecule has 138 valence electrons. The normalized spacial score (nSPS) is 24.4. The Morgan fingerprint density at radius 2 is 1.80 bits per heavy atom. The highest BCUT2D eigenvalue weighted by molar-refractivity contribution is 5.84. The van der Waals surface area contributed by atoms with Crippen molar-refractivity contribution in [1.82, 2.24) is 5.32 Å². The van der Waals surface area contributed by atoms with Crippen LogP contribution in [0.5, 0.6) is 17.2 Å². The van der Waals surface area contributed by atoms with Gasteiger partial charge in [-0.25, -0.2) is 0 Å². The molecule has 0 aromatic heterocycles. The minimum Gasteiger partial charge on any atom is -0.493 e. The summed E-state index contributed by atoms with van der Waals surface area (Å²) in [6.07, 6.45) is 7.13. The van der Waals surface area contributed by atoms with Crippen molar-refractivity contribution in [3.63, 3.8) is 0 Å². The number of carbonyl (C=O) groups excluding carboxylic acids is 1. The molecule has 25 heavy (non-hydrogen) atoms. The summed E-state index contributed by atoms with van der Waals surface area (Å²) in [6, 6.07) is 4.69. The monoisotopic (exact) mass is 347 g/mol. The minimum atomic E-state index is 0.125. The molecule has 1 N–H and O–H groups in total. The number of fused-ring (bicyclic) bond motifs is 2. The van der Waals surface area contributed by atoms with Crippen LogP contribution in [-0.4, -0.2) is 39.2 Å². The molecule has 3 unspecified atom stereocenters. The molecule has 3 rings (SSSR count). The molecule has 0 spiro atoms. The lowest BCUT2D eigenvalue weighted by molar-refractivity contribution is -0.122. The fourth-order valence-electron chi connectivity index (χ4n) is 4.28. The van der Waals surface area contributed by atoms with E-state index in [0.717, 1.165) is 24.8 Å². The zero-order chi connectivity index (χ0) is 17.8. The Balaban J connectivity index is 1.49. The maximum atomic E-state index is 12.4. The Kier molecular flexibility index (Phi) is 5.84. The summed E-state index contributed by atoms with van der Waals surface area (Å²) in [5.74, 6) is 2.97. The topological polar surface area (TPSA) is 56.8 Å². The molecule has 2 fully saturated rings. The zero-order valence-electron chi connectivity index (χ0n) is 15.5. The largest absolute Gasteiger partial charge is 0.493 e. The molecular formula is C20H29NO4. The summed E-state index contributed by atoms with van der Waals surface area (Å²) in [6.45, 7) is 0. The van der Waals surface area contributed by atoms with Crippen LogP contribution >= 0.6 is 0 Å². The Morgan fingerprint density at radius 1 is 1.08 bits per heavy atom. The fraction of sp³-hybridized carbons (Fsp3) is 0.650. The van der Waals surface area contributed by atoms with Crippen molar-refractivity contribution >= 4 is 5.78 Å². The quantitative estimate of drug-likeness (QED) is 0.696.